The number of carbonyl (C=O) groups is 1. The maximum atomic E-state index is 10.9. The minimum absolute atomic E-state index is 0.568. The molecule has 8 heteroatoms. The minimum atomic E-state index is -1.77. The molecule has 0 heterocycles. The Balaban J connectivity index is 4.30. The molecule has 0 aromatic carbocycles. The molecule has 0 aromatic heterocycles. The van der Waals surface area contributed by atoms with Gasteiger partial charge in [-0.2, -0.15) is 0 Å². The van der Waals surface area contributed by atoms with E-state index >= 15 is 0 Å². The van der Waals surface area contributed by atoms with E-state index in [-0.39, 0.29) is 0 Å². The third kappa shape index (κ3) is 4.08. The molecule has 5 N–H and O–H groups in total. The summed E-state index contributed by atoms with van der Waals surface area (Å²) in [6, 6.07) is 0. The summed E-state index contributed by atoms with van der Waals surface area (Å²) in [7, 11) is 0. The molecule has 0 spiro atoms. The van der Waals surface area contributed by atoms with Gasteiger partial charge in [-0.25, -0.2) is 0 Å². The number of hydrogen-bond acceptors (Lipinski definition) is 6. The van der Waals surface area contributed by atoms with Crippen molar-refractivity contribution in [2.75, 3.05) is 6.61 Å². The van der Waals surface area contributed by atoms with Crippen molar-refractivity contribution in [2.45, 2.75) is 24.4 Å². The molecule has 0 aliphatic heterocycles. The molecule has 89 valence electrons. The third-order valence-corrected chi connectivity index (χ3v) is 4.93. The standard InChI is InChI=1S/C6H11O6.Au.H2Se/c7-1-3(9)5(11)6(12)4(10)2-8;;/h3-7,9-12H,1H2;;1H2/q;+1;/p-1/t3-,4+,5-,6-;;/m1../s1. The van der Waals surface area contributed by atoms with E-state index < -0.39 is 52.6 Å². The first-order valence-electron chi connectivity index (χ1n) is 3.54. The molecular formula is C6H12AuO6Se. The predicted octanol–water partition coefficient (Wildman–Crippen LogP) is -4.15. The molecule has 0 fully saturated rings. The summed E-state index contributed by atoms with van der Waals surface area (Å²) in [4.78, 5) is 10.9. The van der Waals surface area contributed by atoms with Crippen LogP contribution < -0.4 is 0 Å². The van der Waals surface area contributed by atoms with Crippen LogP contribution in [0.25, 0.3) is 0 Å². The Labute approximate surface area is 95.9 Å². The number of rotatable bonds is 6. The van der Waals surface area contributed by atoms with Gasteiger partial charge >= 0.3 is 96.0 Å². The van der Waals surface area contributed by atoms with Gasteiger partial charge in [0, 0.05) is 0 Å². The first-order chi connectivity index (χ1) is 6.45. The Bertz CT molecular complexity index is 191. The second-order valence-electron chi connectivity index (χ2n) is 2.51. The van der Waals surface area contributed by atoms with Gasteiger partial charge in [0.1, 0.15) is 0 Å². The summed E-state index contributed by atoms with van der Waals surface area (Å²) in [6.07, 6.45) is -6.80. The van der Waals surface area contributed by atoms with Gasteiger partial charge in [-0.1, -0.05) is 0 Å². The first kappa shape index (κ1) is 14.7. The van der Waals surface area contributed by atoms with Crippen LogP contribution >= 0.6 is 0 Å². The van der Waals surface area contributed by atoms with E-state index in [1.165, 1.54) is 0 Å². The summed E-state index contributed by atoms with van der Waals surface area (Å²) >= 11 is 1.18. The molecule has 6 nitrogen and oxygen atoms in total. The first-order valence-corrected chi connectivity index (χ1v) is 10.2. The van der Waals surface area contributed by atoms with Crippen molar-refractivity contribution in [3.05, 3.63) is 0 Å². The van der Waals surface area contributed by atoms with Crippen molar-refractivity contribution in [1.82, 2.24) is 0 Å². The fraction of sp³-hybridized carbons (Fsp3) is 0.833. The molecule has 0 radical (unpaired) electrons. The molecule has 0 saturated carbocycles. The van der Waals surface area contributed by atoms with Crippen LogP contribution in [-0.2, 0) is 22.4 Å². The van der Waals surface area contributed by atoms with E-state index in [1.54, 1.807) is 0 Å². The van der Waals surface area contributed by atoms with Crippen LogP contribution in [-0.4, -0.2) is 73.7 Å². The summed E-state index contributed by atoms with van der Waals surface area (Å²) in [6.45, 7) is -0.755. The van der Waals surface area contributed by atoms with Crippen molar-refractivity contribution in [3.8, 4) is 0 Å². The number of carbonyl (C=O) groups excluding carboxylic acids is 1. The van der Waals surface area contributed by atoms with Gasteiger partial charge in [-0.05, 0) is 0 Å². The Morgan fingerprint density at radius 3 is 2.07 bits per heavy atom. The van der Waals surface area contributed by atoms with Crippen LogP contribution in [0.4, 0.5) is 0 Å². The van der Waals surface area contributed by atoms with Crippen molar-refractivity contribution in [1.29, 1.82) is 0 Å². The molecule has 0 aromatic rings. The van der Waals surface area contributed by atoms with Crippen molar-refractivity contribution in [3.63, 3.8) is 0 Å². The summed E-state index contributed by atoms with van der Waals surface area (Å²) < 4.78 is -0.568. The van der Waals surface area contributed by atoms with Gasteiger partial charge in [-0.15, -0.1) is 0 Å². The summed E-state index contributed by atoms with van der Waals surface area (Å²) in [5.41, 5.74) is 0. The fourth-order valence-electron chi connectivity index (χ4n) is 0.683. The van der Waals surface area contributed by atoms with Gasteiger partial charge in [0.2, 0.25) is 0 Å². The average molecular weight is 456 g/mol. The van der Waals surface area contributed by atoms with E-state index in [0.717, 1.165) is 0 Å². The van der Waals surface area contributed by atoms with E-state index in [1.807, 2.05) is 13.1 Å². The average Bonchev–Trinajstić information content (AvgIpc) is 2.23. The van der Waals surface area contributed by atoms with Crippen LogP contribution in [0.5, 0.6) is 0 Å². The number of hydrogen-bond donors (Lipinski definition) is 5. The molecular weight excluding hydrogens is 444 g/mol. The van der Waals surface area contributed by atoms with Gasteiger partial charge in [0.25, 0.3) is 0 Å². The second-order valence-corrected chi connectivity index (χ2v) is 6.38. The summed E-state index contributed by atoms with van der Waals surface area (Å²) in [5, 5.41) is 44.9. The number of aliphatic hydroxyl groups excluding tert-OH is 5. The van der Waals surface area contributed by atoms with Crippen LogP contribution in [0, 0.1) is 0 Å². The van der Waals surface area contributed by atoms with Crippen LogP contribution in [0.2, 0.25) is 0 Å². The van der Waals surface area contributed by atoms with Crippen LogP contribution in [0.15, 0.2) is 0 Å². The molecule has 0 aliphatic rings. The molecule has 0 unspecified atom stereocenters. The molecule has 0 aliphatic carbocycles. The van der Waals surface area contributed by atoms with Crippen LogP contribution in [0.1, 0.15) is 0 Å². The Morgan fingerprint density at radius 1 is 1.21 bits per heavy atom. The fourth-order valence-corrected chi connectivity index (χ4v) is 2.71. The predicted molar refractivity (Wildman–Crippen MR) is 43.3 cm³/mol. The van der Waals surface area contributed by atoms with Gasteiger partial charge in [0.05, 0.1) is 0 Å². The molecule has 0 saturated heterocycles. The third-order valence-electron chi connectivity index (χ3n) is 1.53. The topological polar surface area (TPSA) is 118 Å². The maximum absolute atomic E-state index is 10.9. The molecule has 14 heavy (non-hydrogen) atoms. The van der Waals surface area contributed by atoms with E-state index in [4.69, 9.17) is 20.4 Å². The van der Waals surface area contributed by atoms with E-state index in [9.17, 15) is 9.90 Å². The van der Waals surface area contributed by atoms with Crippen LogP contribution in [0.3, 0.4) is 0 Å². The normalized spacial score (nSPS) is 20.1. The van der Waals surface area contributed by atoms with Crippen molar-refractivity contribution in [2.24, 2.45) is 0 Å². The SMILES string of the molecule is O=[C]([Au][SeH])[C@H](O)[C@@H](O)[C@H](O)[C@H](O)CO. The van der Waals surface area contributed by atoms with Crippen molar-refractivity contribution < 1.29 is 47.9 Å². The Kier molecular flexibility index (Phi) is 7.45. The quantitative estimate of drug-likeness (QED) is 0.259. The van der Waals surface area contributed by atoms with Gasteiger partial charge < -0.3 is 0 Å². The monoisotopic (exact) mass is 457 g/mol. The Morgan fingerprint density at radius 2 is 1.71 bits per heavy atom. The van der Waals surface area contributed by atoms with E-state index in [2.05, 4.69) is 0 Å². The molecule has 4 atom stereocenters. The zero-order chi connectivity index (χ0) is 11.3. The molecule has 0 rings (SSSR count). The zero-order valence-corrected chi connectivity index (χ0v) is 11.0. The van der Waals surface area contributed by atoms with Crippen molar-refractivity contribution >= 4 is 17.1 Å². The second kappa shape index (κ2) is 7.08. The zero-order valence-electron chi connectivity index (χ0n) is 6.91. The Hall–Kier alpha value is 0.730. The number of aliphatic hydroxyl groups is 5. The van der Waals surface area contributed by atoms with E-state index in [0.29, 0.717) is 0 Å². The summed E-state index contributed by atoms with van der Waals surface area (Å²) in [5.74, 6) is 0. The van der Waals surface area contributed by atoms with Gasteiger partial charge in [-0.3, -0.25) is 0 Å². The molecule has 0 amide bonds. The molecule has 0 bridgehead atoms. The van der Waals surface area contributed by atoms with Gasteiger partial charge in [0.15, 0.2) is 0 Å².